The molecule has 0 aromatic rings. The third-order valence-electron chi connectivity index (χ3n) is 1.59. The van der Waals surface area contributed by atoms with E-state index in [0.29, 0.717) is 0 Å². The monoisotopic (exact) mass is 179 g/mol. The Hall–Kier alpha value is -1.55. The average molecular weight is 179 g/mol. The highest BCUT2D eigenvalue weighted by Crippen LogP contribution is 2.10. The molecule has 0 radical (unpaired) electrons. The predicted molar refractivity (Wildman–Crippen MR) is 47.2 cm³/mol. The highest BCUT2D eigenvalue weighted by Gasteiger charge is 2.19. The van der Waals surface area contributed by atoms with Gasteiger partial charge in [-0.25, -0.2) is 0 Å². The van der Waals surface area contributed by atoms with Crippen molar-refractivity contribution in [2.24, 2.45) is 11.3 Å². The number of nitrogens with one attached hydrogen (secondary N) is 1. The molecule has 1 unspecified atom stereocenters. The number of carbonyl (C=O) groups excluding carboxylic acids is 1. The molecule has 1 atom stereocenters. The van der Waals surface area contributed by atoms with Gasteiger partial charge < -0.3 is 5.32 Å². The number of amides is 1. The van der Waals surface area contributed by atoms with Crippen LogP contribution in [0.4, 0.5) is 0 Å². The topological polar surface area (TPSA) is 76.7 Å². The Morgan fingerprint density at radius 1 is 1.54 bits per heavy atom. The second kappa shape index (κ2) is 4.47. The summed E-state index contributed by atoms with van der Waals surface area (Å²) in [5, 5.41) is 19.6. The third-order valence-corrected chi connectivity index (χ3v) is 1.59. The van der Waals surface area contributed by atoms with E-state index in [4.69, 9.17) is 10.5 Å². The van der Waals surface area contributed by atoms with Gasteiger partial charge in [0.05, 0.1) is 17.6 Å². The summed E-state index contributed by atoms with van der Waals surface area (Å²) in [5.74, 6) is -0.986. The molecule has 1 N–H and O–H groups in total. The van der Waals surface area contributed by atoms with Crippen LogP contribution in [-0.2, 0) is 4.79 Å². The van der Waals surface area contributed by atoms with Gasteiger partial charge in [0.15, 0.2) is 0 Å². The smallest absolute Gasteiger partial charge is 0.237 e. The maximum Gasteiger partial charge on any atom is 0.237 e. The molecule has 0 aromatic heterocycles. The van der Waals surface area contributed by atoms with Crippen molar-refractivity contribution in [3.63, 3.8) is 0 Å². The van der Waals surface area contributed by atoms with Crippen LogP contribution >= 0.6 is 0 Å². The van der Waals surface area contributed by atoms with Gasteiger partial charge in [-0.2, -0.15) is 10.5 Å². The van der Waals surface area contributed by atoms with E-state index in [9.17, 15) is 4.79 Å². The van der Waals surface area contributed by atoms with Crippen LogP contribution < -0.4 is 5.32 Å². The van der Waals surface area contributed by atoms with Crippen molar-refractivity contribution in [2.45, 2.75) is 20.8 Å². The van der Waals surface area contributed by atoms with Crippen LogP contribution in [-0.4, -0.2) is 12.5 Å². The van der Waals surface area contributed by atoms with Gasteiger partial charge in [0, 0.05) is 6.54 Å². The summed E-state index contributed by atoms with van der Waals surface area (Å²) >= 11 is 0. The molecule has 0 aliphatic carbocycles. The number of nitriles is 2. The lowest BCUT2D eigenvalue weighted by Gasteiger charge is -2.16. The van der Waals surface area contributed by atoms with E-state index >= 15 is 0 Å². The van der Waals surface area contributed by atoms with Gasteiger partial charge in [0.25, 0.3) is 0 Å². The maximum atomic E-state index is 11.1. The van der Waals surface area contributed by atoms with Crippen molar-refractivity contribution >= 4 is 5.91 Å². The minimum Gasteiger partial charge on any atom is -0.353 e. The van der Waals surface area contributed by atoms with Gasteiger partial charge in [0.2, 0.25) is 5.91 Å². The van der Waals surface area contributed by atoms with E-state index in [1.165, 1.54) is 6.92 Å². The average Bonchev–Trinajstić information content (AvgIpc) is 2.13. The van der Waals surface area contributed by atoms with Gasteiger partial charge in [-0.15, -0.1) is 0 Å². The Balaban J connectivity index is 4.01. The zero-order valence-corrected chi connectivity index (χ0v) is 8.09. The molecule has 0 fully saturated rings. The van der Waals surface area contributed by atoms with E-state index in [0.717, 1.165) is 0 Å². The molecule has 0 aliphatic heterocycles. The van der Waals surface area contributed by atoms with Crippen molar-refractivity contribution in [2.75, 3.05) is 6.54 Å². The van der Waals surface area contributed by atoms with Crippen LogP contribution in [0.25, 0.3) is 0 Å². The normalized spacial score (nSPS) is 12.4. The highest BCUT2D eigenvalue weighted by atomic mass is 16.1. The van der Waals surface area contributed by atoms with Crippen LogP contribution in [0.3, 0.4) is 0 Å². The van der Waals surface area contributed by atoms with Crippen LogP contribution in [0.15, 0.2) is 0 Å². The molecular formula is C9H13N3O. The van der Waals surface area contributed by atoms with Gasteiger partial charge in [0.1, 0.15) is 5.92 Å². The molecule has 1 amide bonds. The standard InChI is InChI=1S/C9H13N3O/c1-7(4-10)8(13)12-6-9(2,3)5-11/h7H,6H2,1-3H3,(H,12,13). The number of nitrogens with zero attached hydrogens (tertiary/aromatic N) is 2. The second-order valence-corrected chi connectivity index (χ2v) is 3.56. The molecule has 0 rings (SSSR count). The minimum atomic E-state index is -0.658. The van der Waals surface area contributed by atoms with Gasteiger partial charge in [-0.1, -0.05) is 0 Å². The van der Waals surface area contributed by atoms with E-state index in [1.54, 1.807) is 13.8 Å². The largest absolute Gasteiger partial charge is 0.353 e. The minimum absolute atomic E-state index is 0.272. The molecule has 0 aromatic carbocycles. The van der Waals surface area contributed by atoms with Gasteiger partial charge in [-0.05, 0) is 20.8 Å². The molecular weight excluding hydrogens is 166 g/mol. The van der Waals surface area contributed by atoms with Gasteiger partial charge >= 0.3 is 0 Å². The van der Waals surface area contributed by atoms with Crippen LogP contribution in [0.1, 0.15) is 20.8 Å². The molecule has 0 aliphatic rings. The highest BCUT2D eigenvalue weighted by molar-refractivity contribution is 5.80. The fourth-order valence-electron chi connectivity index (χ4n) is 0.559. The molecule has 4 heteroatoms. The summed E-state index contributed by atoms with van der Waals surface area (Å²) in [7, 11) is 0. The van der Waals surface area contributed by atoms with Crippen LogP contribution in [0.2, 0.25) is 0 Å². The molecule has 4 nitrogen and oxygen atoms in total. The third kappa shape index (κ3) is 4.12. The lowest BCUT2D eigenvalue weighted by Crippen LogP contribution is -2.35. The maximum absolute atomic E-state index is 11.1. The van der Waals surface area contributed by atoms with Crippen molar-refractivity contribution in [3.8, 4) is 12.1 Å². The zero-order chi connectivity index (χ0) is 10.5. The lowest BCUT2D eigenvalue weighted by atomic mass is 9.96. The molecule has 0 heterocycles. The molecule has 0 spiro atoms. The van der Waals surface area contributed by atoms with Crippen molar-refractivity contribution in [1.29, 1.82) is 10.5 Å². The van der Waals surface area contributed by atoms with Crippen LogP contribution in [0.5, 0.6) is 0 Å². The molecule has 13 heavy (non-hydrogen) atoms. The number of carbonyl (C=O) groups is 1. The molecule has 0 saturated carbocycles. The molecule has 70 valence electrons. The number of rotatable bonds is 3. The Labute approximate surface area is 78.2 Å². The molecule has 0 bridgehead atoms. The Morgan fingerprint density at radius 3 is 2.46 bits per heavy atom. The number of hydrogen-bond acceptors (Lipinski definition) is 3. The van der Waals surface area contributed by atoms with Crippen molar-refractivity contribution < 1.29 is 4.79 Å². The van der Waals surface area contributed by atoms with E-state index in [1.807, 2.05) is 6.07 Å². The fourth-order valence-corrected chi connectivity index (χ4v) is 0.559. The summed E-state index contributed by atoms with van der Waals surface area (Å²) in [6.07, 6.45) is 0. The quantitative estimate of drug-likeness (QED) is 0.696. The summed E-state index contributed by atoms with van der Waals surface area (Å²) in [6, 6.07) is 3.88. The Morgan fingerprint density at radius 2 is 2.08 bits per heavy atom. The molecule has 0 saturated heterocycles. The first-order valence-corrected chi connectivity index (χ1v) is 4.01. The summed E-state index contributed by atoms with van der Waals surface area (Å²) in [6.45, 7) is 5.25. The number of hydrogen-bond donors (Lipinski definition) is 1. The fraction of sp³-hybridized carbons (Fsp3) is 0.667. The Kier molecular flexibility index (Phi) is 3.94. The van der Waals surface area contributed by atoms with Crippen molar-refractivity contribution in [3.05, 3.63) is 0 Å². The van der Waals surface area contributed by atoms with E-state index < -0.39 is 11.3 Å². The SMILES string of the molecule is CC(C#N)C(=O)NCC(C)(C)C#N. The van der Waals surface area contributed by atoms with Crippen LogP contribution in [0, 0.1) is 34.0 Å². The Bertz CT molecular complexity index is 270. The summed E-state index contributed by atoms with van der Waals surface area (Å²) in [5.41, 5.74) is -0.579. The summed E-state index contributed by atoms with van der Waals surface area (Å²) < 4.78 is 0. The first-order valence-electron chi connectivity index (χ1n) is 4.01. The lowest BCUT2D eigenvalue weighted by molar-refractivity contribution is -0.123. The van der Waals surface area contributed by atoms with Crippen molar-refractivity contribution in [1.82, 2.24) is 5.32 Å². The summed E-state index contributed by atoms with van der Waals surface area (Å²) in [4.78, 5) is 11.1. The van der Waals surface area contributed by atoms with E-state index in [-0.39, 0.29) is 12.5 Å². The van der Waals surface area contributed by atoms with Gasteiger partial charge in [-0.3, -0.25) is 4.79 Å². The zero-order valence-electron chi connectivity index (χ0n) is 8.09. The predicted octanol–water partition coefficient (Wildman–Crippen LogP) is 0.812. The first-order chi connectivity index (χ1) is 5.93. The first kappa shape index (κ1) is 11.4. The second-order valence-electron chi connectivity index (χ2n) is 3.56. The van der Waals surface area contributed by atoms with E-state index in [2.05, 4.69) is 11.4 Å².